The SMILES string of the molecule is CCC(C)(CO)CNCCC(F)(F)F. The smallest absolute Gasteiger partial charge is 0.390 e. The van der Waals surface area contributed by atoms with Crippen molar-refractivity contribution >= 4 is 0 Å². The molecule has 5 heteroatoms. The normalized spacial score (nSPS) is 16.7. The van der Waals surface area contributed by atoms with Crippen molar-refractivity contribution in [2.24, 2.45) is 5.41 Å². The van der Waals surface area contributed by atoms with Crippen molar-refractivity contribution in [1.29, 1.82) is 0 Å². The molecular weight excluding hydrogens is 195 g/mol. The van der Waals surface area contributed by atoms with Gasteiger partial charge in [-0.3, -0.25) is 0 Å². The van der Waals surface area contributed by atoms with Gasteiger partial charge in [0.2, 0.25) is 0 Å². The molecule has 0 rings (SSSR count). The largest absolute Gasteiger partial charge is 0.396 e. The van der Waals surface area contributed by atoms with E-state index in [4.69, 9.17) is 5.11 Å². The Morgan fingerprint density at radius 3 is 2.21 bits per heavy atom. The van der Waals surface area contributed by atoms with Crippen LogP contribution in [0.4, 0.5) is 13.2 Å². The maximum Gasteiger partial charge on any atom is 0.390 e. The van der Waals surface area contributed by atoms with Crippen LogP contribution in [0.1, 0.15) is 26.7 Å². The minimum absolute atomic E-state index is 0.0114. The highest BCUT2D eigenvalue weighted by molar-refractivity contribution is 4.74. The Morgan fingerprint density at radius 2 is 1.86 bits per heavy atom. The predicted octanol–water partition coefficient (Wildman–Crippen LogP) is 1.94. The number of alkyl halides is 3. The molecule has 1 unspecified atom stereocenters. The van der Waals surface area contributed by atoms with Gasteiger partial charge in [-0.2, -0.15) is 13.2 Å². The highest BCUT2D eigenvalue weighted by Gasteiger charge is 2.27. The molecule has 0 aliphatic rings. The minimum Gasteiger partial charge on any atom is -0.396 e. The maximum absolute atomic E-state index is 11.7. The van der Waals surface area contributed by atoms with Crippen LogP contribution in [0.3, 0.4) is 0 Å². The lowest BCUT2D eigenvalue weighted by Gasteiger charge is -2.26. The Morgan fingerprint density at radius 1 is 1.29 bits per heavy atom. The van der Waals surface area contributed by atoms with Crippen LogP contribution >= 0.6 is 0 Å². The van der Waals surface area contributed by atoms with E-state index < -0.39 is 12.6 Å². The number of rotatable bonds is 6. The van der Waals surface area contributed by atoms with Gasteiger partial charge in [0.25, 0.3) is 0 Å². The molecule has 86 valence electrons. The quantitative estimate of drug-likeness (QED) is 0.661. The van der Waals surface area contributed by atoms with Crippen LogP contribution in [-0.4, -0.2) is 31.0 Å². The third-order valence-corrected chi connectivity index (χ3v) is 2.37. The van der Waals surface area contributed by atoms with Crippen LogP contribution in [0.25, 0.3) is 0 Å². The molecule has 0 saturated heterocycles. The van der Waals surface area contributed by atoms with Gasteiger partial charge in [0.1, 0.15) is 0 Å². The second-order valence-corrected chi connectivity index (χ2v) is 3.86. The number of aliphatic hydroxyl groups excluding tert-OH is 1. The monoisotopic (exact) mass is 213 g/mol. The standard InChI is InChI=1S/C9H18F3NO/c1-3-8(2,7-14)6-13-5-4-9(10,11)12/h13-14H,3-7H2,1-2H3. The molecule has 0 aromatic carbocycles. The minimum atomic E-state index is -4.10. The van der Waals surface area contributed by atoms with Gasteiger partial charge in [0.05, 0.1) is 6.42 Å². The summed E-state index contributed by atoms with van der Waals surface area (Å²) >= 11 is 0. The van der Waals surface area contributed by atoms with Gasteiger partial charge >= 0.3 is 6.18 Å². The molecule has 0 saturated carbocycles. The third-order valence-electron chi connectivity index (χ3n) is 2.37. The summed E-state index contributed by atoms with van der Waals surface area (Å²) in [5.41, 5.74) is -0.314. The fourth-order valence-corrected chi connectivity index (χ4v) is 0.913. The molecule has 0 aromatic rings. The molecule has 0 aliphatic carbocycles. The number of hydrogen-bond donors (Lipinski definition) is 2. The van der Waals surface area contributed by atoms with Gasteiger partial charge in [0.15, 0.2) is 0 Å². The van der Waals surface area contributed by atoms with E-state index in [0.29, 0.717) is 6.54 Å². The number of aliphatic hydroxyl groups is 1. The van der Waals surface area contributed by atoms with Crippen LogP contribution in [0.5, 0.6) is 0 Å². The molecule has 2 N–H and O–H groups in total. The first kappa shape index (κ1) is 13.7. The van der Waals surface area contributed by atoms with E-state index >= 15 is 0 Å². The Labute approximate surface area is 82.5 Å². The van der Waals surface area contributed by atoms with Gasteiger partial charge in [-0.05, 0) is 6.42 Å². The zero-order chi connectivity index (χ0) is 11.2. The van der Waals surface area contributed by atoms with Crippen LogP contribution in [0.2, 0.25) is 0 Å². The summed E-state index contributed by atoms with van der Waals surface area (Å²) < 4.78 is 35.2. The van der Waals surface area contributed by atoms with Crippen LogP contribution in [-0.2, 0) is 0 Å². The van der Waals surface area contributed by atoms with Crippen molar-refractivity contribution < 1.29 is 18.3 Å². The first-order valence-electron chi connectivity index (χ1n) is 4.71. The van der Waals surface area contributed by atoms with Gasteiger partial charge in [-0.25, -0.2) is 0 Å². The highest BCUT2D eigenvalue weighted by atomic mass is 19.4. The molecule has 0 radical (unpaired) electrons. The van der Waals surface area contributed by atoms with Crippen molar-refractivity contribution in [2.45, 2.75) is 32.9 Å². The summed E-state index contributed by atoms with van der Waals surface area (Å²) in [6.07, 6.45) is -4.18. The van der Waals surface area contributed by atoms with Crippen LogP contribution in [0.15, 0.2) is 0 Å². The lowest BCUT2D eigenvalue weighted by molar-refractivity contribution is -0.133. The predicted molar refractivity (Wildman–Crippen MR) is 49.0 cm³/mol. The Kier molecular flexibility index (Phi) is 5.44. The first-order valence-corrected chi connectivity index (χ1v) is 4.71. The molecule has 0 fully saturated rings. The maximum atomic E-state index is 11.7. The summed E-state index contributed by atoms with van der Waals surface area (Å²) in [5.74, 6) is 0. The van der Waals surface area contributed by atoms with E-state index in [0.717, 1.165) is 6.42 Å². The lowest BCUT2D eigenvalue weighted by Crippen LogP contribution is -2.35. The topological polar surface area (TPSA) is 32.3 Å². The van der Waals surface area contributed by atoms with E-state index in [9.17, 15) is 13.2 Å². The van der Waals surface area contributed by atoms with Gasteiger partial charge < -0.3 is 10.4 Å². The van der Waals surface area contributed by atoms with Crippen molar-refractivity contribution in [3.63, 3.8) is 0 Å². The van der Waals surface area contributed by atoms with E-state index in [2.05, 4.69) is 5.32 Å². The van der Waals surface area contributed by atoms with Crippen molar-refractivity contribution in [3.8, 4) is 0 Å². The molecule has 1 atom stereocenters. The first-order chi connectivity index (χ1) is 6.33. The summed E-state index contributed by atoms with van der Waals surface area (Å²) in [6.45, 7) is 4.06. The molecule has 2 nitrogen and oxygen atoms in total. The highest BCUT2D eigenvalue weighted by Crippen LogP contribution is 2.20. The molecule has 0 amide bonds. The van der Waals surface area contributed by atoms with Crippen molar-refractivity contribution in [3.05, 3.63) is 0 Å². The van der Waals surface area contributed by atoms with Gasteiger partial charge in [0, 0.05) is 25.1 Å². The fourth-order valence-electron chi connectivity index (χ4n) is 0.913. The van der Waals surface area contributed by atoms with Gasteiger partial charge in [-0.1, -0.05) is 13.8 Å². The second-order valence-electron chi connectivity index (χ2n) is 3.86. The average Bonchev–Trinajstić information content (AvgIpc) is 2.11. The molecule has 0 heterocycles. The van der Waals surface area contributed by atoms with Crippen LogP contribution < -0.4 is 5.32 Å². The van der Waals surface area contributed by atoms with E-state index in [1.165, 1.54) is 0 Å². The second kappa shape index (κ2) is 5.56. The molecule has 0 aliphatic heterocycles. The molecule has 0 aromatic heterocycles. The molecule has 0 bridgehead atoms. The summed E-state index contributed by atoms with van der Waals surface area (Å²) in [5, 5.41) is 11.7. The lowest BCUT2D eigenvalue weighted by atomic mass is 9.89. The summed E-state index contributed by atoms with van der Waals surface area (Å²) in [6, 6.07) is 0. The molecule has 0 spiro atoms. The Hall–Kier alpha value is -0.290. The third kappa shape index (κ3) is 6.21. The van der Waals surface area contributed by atoms with Crippen molar-refractivity contribution in [2.75, 3.05) is 19.7 Å². The van der Waals surface area contributed by atoms with Crippen molar-refractivity contribution in [1.82, 2.24) is 5.32 Å². The average molecular weight is 213 g/mol. The Balaban J connectivity index is 3.63. The van der Waals surface area contributed by atoms with E-state index in [1.54, 1.807) is 0 Å². The van der Waals surface area contributed by atoms with E-state index in [1.807, 2.05) is 13.8 Å². The van der Waals surface area contributed by atoms with Gasteiger partial charge in [-0.15, -0.1) is 0 Å². The zero-order valence-corrected chi connectivity index (χ0v) is 8.62. The Bertz CT molecular complexity index is 155. The number of halogens is 3. The summed E-state index contributed by atoms with van der Waals surface area (Å²) in [7, 11) is 0. The zero-order valence-electron chi connectivity index (χ0n) is 8.62. The number of nitrogens with one attached hydrogen (secondary N) is 1. The summed E-state index contributed by atoms with van der Waals surface area (Å²) in [4.78, 5) is 0. The molecular formula is C9H18F3NO. The van der Waals surface area contributed by atoms with Crippen LogP contribution in [0, 0.1) is 5.41 Å². The van der Waals surface area contributed by atoms with E-state index in [-0.39, 0.29) is 18.6 Å². The number of hydrogen-bond acceptors (Lipinski definition) is 2. The molecule has 14 heavy (non-hydrogen) atoms. The fraction of sp³-hybridized carbons (Fsp3) is 1.00.